The van der Waals surface area contributed by atoms with Crippen molar-refractivity contribution in [3.05, 3.63) is 24.3 Å². The number of hydrogen-bond donors (Lipinski definition) is 2. The predicted molar refractivity (Wildman–Crippen MR) is 49.8 cm³/mol. The van der Waals surface area contributed by atoms with Crippen molar-refractivity contribution < 1.29 is 24.2 Å². The fraction of sp³-hybridized carbons (Fsp3) is 0.250. The lowest BCUT2D eigenvalue weighted by atomic mass is 10.2. The monoisotopic (exact) mass is 198 g/mol. The van der Waals surface area contributed by atoms with Crippen molar-refractivity contribution in [3.63, 3.8) is 0 Å². The molecule has 0 aromatic heterocycles. The van der Waals surface area contributed by atoms with Crippen molar-refractivity contribution in [1.29, 1.82) is 0 Å². The minimum atomic E-state index is -1.83. The molecule has 0 saturated carbocycles. The zero-order valence-electron chi connectivity index (χ0n) is 7.71. The van der Waals surface area contributed by atoms with E-state index in [0.29, 0.717) is 11.5 Å². The average Bonchev–Trinajstić information content (AvgIpc) is 2.14. The van der Waals surface area contributed by atoms with Gasteiger partial charge in [-0.15, -0.1) is 0 Å². The lowest BCUT2D eigenvalue weighted by Gasteiger charge is -2.07. The SMILES string of the molecule is COCOc1cccc(OB(O)O)c1. The molecule has 5 nitrogen and oxygen atoms in total. The van der Waals surface area contributed by atoms with Crippen LogP contribution < -0.4 is 9.39 Å². The molecule has 6 heteroatoms. The molecule has 0 atom stereocenters. The second-order valence-electron chi connectivity index (χ2n) is 2.47. The van der Waals surface area contributed by atoms with E-state index < -0.39 is 7.32 Å². The Kier molecular flexibility index (Phi) is 4.25. The van der Waals surface area contributed by atoms with Crippen molar-refractivity contribution >= 4 is 7.32 Å². The van der Waals surface area contributed by atoms with Gasteiger partial charge >= 0.3 is 7.32 Å². The van der Waals surface area contributed by atoms with Crippen LogP contribution in [-0.4, -0.2) is 31.3 Å². The largest absolute Gasteiger partial charge is 0.707 e. The maximum absolute atomic E-state index is 8.54. The zero-order valence-corrected chi connectivity index (χ0v) is 7.71. The van der Waals surface area contributed by atoms with Crippen LogP contribution in [0.4, 0.5) is 0 Å². The van der Waals surface area contributed by atoms with Crippen LogP contribution in [0.3, 0.4) is 0 Å². The molecule has 0 saturated heterocycles. The Morgan fingerprint density at radius 2 is 2.00 bits per heavy atom. The third-order valence-corrected chi connectivity index (χ3v) is 1.39. The number of rotatable bonds is 5. The quantitative estimate of drug-likeness (QED) is 0.515. The van der Waals surface area contributed by atoms with Gasteiger partial charge in [0, 0.05) is 13.2 Å². The van der Waals surface area contributed by atoms with Gasteiger partial charge in [-0.05, 0) is 12.1 Å². The first-order valence-corrected chi connectivity index (χ1v) is 3.97. The molecule has 0 fully saturated rings. The molecule has 0 aliphatic heterocycles. The first kappa shape index (κ1) is 10.8. The van der Waals surface area contributed by atoms with E-state index in [-0.39, 0.29) is 6.79 Å². The molecule has 0 amide bonds. The minimum Gasteiger partial charge on any atom is -0.512 e. The molecule has 0 aliphatic carbocycles. The van der Waals surface area contributed by atoms with Crippen LogP contribution >= 0.6 is 0 Å². The summed E-state index contributed by atoms with van der Waals surface area (Å²) in [5.74, 6) is 0.846. The predicted octanol–water partition coefficient (Wildman–Crippen LogP) is 0.0176. The summed E-state index contributed by atoms with van der Waals surface area (Å²) in [6.07, 6.45) is 0. The Morgan fingerprint density at radius 3 is 2.64 bits per heavy atom. The summed E-state index contributed by atoms with van der Waals surface area (Å²) in [5.41, 5.74) is 0. The molecule has 76 valence electrons. The highest BCUT2D eigenvalue weighted by Crippen LogP contribution is 2.19. The van der Waals surface area contributed by atoms with Crippen LogP contribution in [0.1, 0.15) is 0 Å². The molecule has 1 rings (SSSR count). The van der Waals surface area contributed by atoms with Crippen molar-refractivity contribution in [2.45, 2.75) is 0 Å². The van der Waals surface area contributed by atoms with Crippen molar-refractivity contribution in [3.8, 4) is 11.5 Å². The molecule has 1 aromatic carbocycles. The van der Waals surface area contributed by atoms with Gasteiger partial charge in [0.15, 0.2) is 6.79 Å². The van der Waals surface area contributed by atoms with Gasteiger partial charge in [0.1, 0.15) is 11.5 Å². The Morgan fingerprint density at radius 1 is 1.29 bits per heavy atom. The fourth-order valence-corrected chi connectivity index (χ4v) is 0.886. The topological polar surface area (TPSA) is 68.2 Å². The molecule has 1 aromatic rings. The van der Waals surface area contributed by atoms with Crippen LogP contribution in [0.5, 0.6) is 11.5 Å². The van der Waals surface area contributed by atoms with Gasteiger partial charge in [0.05, 0.1) is 0 Å². The van der Waals surface area contributed by atoms with Crippen molar-refractivity contribution in [1.82, 2.24) is 0 Å². The highest BCUT2D eigenvalue weighted by atomic mass is 16.7. The van der Waals surface area contributed by atoms with Crippen LogP contribution in [0, 0.1) is 0 Å². The third kappa shape index (κ3) is 3.65. The molecule has 14 heavy (non-hydrogen) atoms. The third-order valence-electron chi connectivity index (χ3n) is 1.39. The van der Waals surface area contributed by atoms with E-state index in [0.717, 1.165) is 0 Å². The summed E-state index contributed by atoms with van der Waals surface area (Å²) in [6, 6.07) is 6.48. The van der Waals surface area contributed by atoms with E-state index in [4.69, 9.17) is 19.5 Å². The zero-order chi connectivity index (χ0) is 10.4. The summed E-state index contributed by atoms with van der Waals surface area (Å²) < 4.78 is 14.4. The van der Waals surface area contributed by atoms with E-state index in [1.807, 2.05) is 0 Å². The number of methoxy groups -OCH3 is 1. The van der Waals surface area contributed by atoms with Gasteiger partial charge in [-0.2, -0.15) is 0 Å². The van der Waals surface area contributed by atoms with E-state index in [1.165, 1.54) is 13.2 Å². The summed E-state index contributed by atoms with van der Waals surface area (Å²) in [5, 5.41) is 17.1. The molecule has 2 N–H and O–H groups in total. The van der Waals surface area contributed by atoms with Gasteiger partial charge < -0.3 is 24.2 Å². The molecular formula is C8H11BO5. The Bertz CT molecular complexity index is 278. The lowest BCUT2D eigenvalue weighted by Crippen LogP contribution is -2.20. The first-order valence-electron chi connectivity index (χ1n) is 3.97. The number of ether oxygens (including phenoxy) is 2. The normalized spacial score (nSPS) is 9.64. The molecule has 0 heterocycles. The second kappa shape index (κ2) is 5.49. The fourth-order valence-electron chi connectivity index (χ4n) is 0.886. The first-order chi connectivity index (χ1) is 6.72. The van der Waals surface area contributed by atoms with Crippen LogP contribution in [-0.2, 0) is 4.74 Å². The highest BCUT2D eigenvalue weighted by molar-refractivity contribution is 6.33. The summed E-state index contributed by atoms with van der Waals surface area (Å²) >= 11 is 0. The molecule has 0 spiro atoms. The molecule has 0 radical (unpaired) electrons. The maximum Gasteiger partial charge on any atom is 0.707 e. The summed E-state index contributed by atoms with van der Waals surface area (Å²) in [7, 11) is -0.314. The lowest BCUT2D eigenvalue weighted by molar-refractivity contribution is 0.0510. The summed E-state index contributed by atoms with van der Waals surface area (Å²) in [6.45, 7) is 0.130. The van der Waals surface area contributed by atoms with Gasteiger partial charge in [-0.25, -0.2) is 0 Å². The Balaban J connectivity index is 2.59. The summed E-state index contributed by atoms with van der Waals surface area (Å²) in [4.78, 5) is 0. The number of benzene rings is 1. The standard InChI is InChI=1S/C8H11BO5/c1-12-6-13-7-3-2-4-8(5-7)14-9(10)11/h2-5,10-11H,6H2,1H3. The van der Waals surface area contributed by atoms with Gasteiger partial charge in [0.2, 0.25) is 0 Å². The van der Waals surface area contributed by atoms with E-state index >= 15 is 0 Å². The Hall–Kier alpha value is -1.24. The van der Waals surface area contributed by atoms with E-state index in [1.54, 1.807) is 18.2 Å². The van der Waals surface area contributed by atoms with E-state index in [2.05, 4.69) is 4.65 Å². The molecule has 0 bridgehead atoms. The molecule has 0 aliphatic rings. The van der Waals surface area contributed by atoms with E-state index in [9.17, 15) is 0 Å². The van der Waals surface area contributed by atoms with Gasteiger partial charge in [0.25, 0.3) is 0 Å². The van der Waals surface area contributed by atoms with Crippen molar-refractivity contribution in [2.24, 2.45) is 0 Å². The Labute approximate surface area is 82.0 Å². The minimum absolute atomic E-state index is 0.130. The maximum atomic E-state index is 8.54. The van der Waals surface area contributed by atoms with Gasteiger partial charge in [-0.3, -0.25) is 0 Å². The van der Waals surface area contributed by atoms with Gasteiger partial charge in [-0.1, -0.05) is 6.07 Å². The van der Waals surface area contributed by atoms with Crippen LogP contribution in [0.25, 0.3) is 0 Å². The van der Waals surface area contributed by atoms with Crippen LogP contribution in [0.2, 0.25) is 0 Å². The smallest absolute Gasteiger partial charge is 0.512 e. The average molecular weight is 198 g/mol. The highest BCUT2D eigenvalue weighted by Gasteiger charge is 2.11. The molecular weight excluding hydrogens is 187 g/mol. The number of hydrogen-bond acceptors (Lipinski definition) is 5. The van der Waals surface area contributed by atoms with Crippen molar-refractivity contribution in [2.75, 3.05) is 13.9 Å². The van der Waals surface area contributed by atoms with Crippen LogP contribution in [0.15, 0.2) is 24.3 Å². The molecule has 0 unspecified atom stereocenters. The second-order valence-corrected chi connectivity index (χ2v) is 2.47.